The Labute approximate surface area is 136 Å². The number of fused-ring (bicyclic) bond motifs is 1. The van der Waals surface area contributed by atoms with Gasteiger partial charge in [-0.3, -0.25) is 9.36 Å². The summed E-state index contributed by atoms with van der Waals surface area (Å²) in [6, 6.07) is 7.09. The molecular weight excluding hydrogens is 312 g/mol. The predicted octanol–water partition coefficient (Wildman–Crippen LogP) is 3.33. The molecule has 0 amide bonds. The zero-order valence-electron chi connectivity index (χ0n) is 12.8. The number of carboxylic acids is 1. The number of aliphatic carboxylic acids is 1. The van der Waals surface area contributed by atoms with Gasteiger partial charge in [0, 0.05) is 10.9 Å². The van der Waals surface area contributed by atoms with Gasteiger partial charge in [0.1, 0.15) is 10.9 Å². The highest BCUT2D eigenvalue weighted by molar-refractivity contribution is 7.17. The molecule has 0 bridgehead atoms. The number of carboxylic acid groups (broad SMARTS) is 1. The Kier molecular flexibility index (Phi) is 4.00. The lowest BCUT2D eigenvalue weighted by atomic mass is 10.0. The van der Waals surface area contributed by atoms with Crippen molar-refractivity contribution in [3.63, 3.8) is 0 Å². The van der Waals surface area contributed by atoms with Crippen LogP contribution in [0, 0.1) is 0 Å². The fourth-order valence-electron chi connectivity index (χ4n) is 2.47. The molecule has 1 unspecified atom stereocenters. The van der Waals surface area contributed by atoms with Gasteiger partial charge in [-0.15, -0.1) is 11.3 Å². The van der Waals surface area contributed by atoms with Crippen molar-refractivity contribution < 1.29 is 9.90 Å². The molecule has 0 spiro atoms. The van der Waals surface area contributed by atoms with Crippen LogP contribution in [0.4, 0.5) is 0 Å². The van der Waals surface area contributed by atoms with E-state index in [0.29, 0.717) is 10.2 Å². The lowest BCUT2D eigenvalue weighted by molar-refractivity contribution is -0.140. The summed E-state index contributed by atoms with van der Waals surface area (Å²) in [5.41, 5.74) is 2.65. The van der Waals surface area contributed by atoms with Crippen LogP contribution in [-0.4, -0.2) is 20.6 Å². The summed E-state index contributed by atoms with van der Waals surface area (Å²) in [5.74, 6) is -1.06. The van der Waals surface area contributed by atoms with Crippen molar-refractivity contribution in [1.82, 2.24) is 9.55 Å². The third kappa shape index (κ3) is 2.66. The molecule has 0 saturated carbocycles. The van der Waals surface area contributed by atoms with E-state index in [1.54, 1.807) is 0 Å². The van der Waals surface area contributed by atoms with E-state index in [-0.39, 0.29) is 5.56 Å². The number of carbonyl (C=O) groups is 1. The smallest absolute Gasteiger partial charge is 0.326 e. The first-order chi connectivity index (χ1) is 11.0. The zero-order valence-corrected chi connectivity index (χ0v) is 13.6. The number of hydrogen-bond donors (Lipinski definition) is 1. The first-order valence-corrected chi connectivity index (χ1v) is 8.21. The van der Waals surface area contributed by atoms with Crippen molar-refractivity contribution >= 4 is 27.5 Å². The second-order valence-corrected chi connectivity index (χ2v) is 6.21. The number of thiophene rings is 1. The fourth-order valence-corrected chi connectivity index (χ4v) is 3.38. The van der Waals surface area contributed by atoms with Crippen molar-refractivity contribution in [2.45, 2.75) is 26.3 Å². The molecule has 1 aromatic carbocycles. The van der Waals surface area contributed by atoms with E-state index in [2.05, 4.69) is 11.9 Å². The highest BCUT2D eigenvalue weighted by Gasteiger charge is 2.19. The number of aromatic nitrogens is 2. The molecule has 0 radical (unpaired) electrons. The topological polar surface area (TPSA) is 72.2 Å². The predicted molar refractivity (Wildman–Crippen MR) is 91.0 cm³/mol. The van der Waals surface area contributed by atoms with Crippen molar-refractivity contribution in [2.24, 2.45) is 0 Å². The molecule has 0 aliphatic rings. The van der Waals surface area contributed by atoms with Crippen LogP contribution in [0.15, 0.2) is 40.8 Å². The molecule has 0 fully saturated rings. The SMILES string of the molecule is CCc1ccc(-c2csc3ncn(C(C)C(=O)O)c(=O)c23)cc1. The lowest BCUT2D eigenvalue weighted by Crippen LogP contribution is -2.28. The van der Waals surface area contributed by atoms with E-state index >= 15 is 0 Å². The minimum absolute atomic E-state index is 0.319. The maximum atomic E-state index is 12.7. The third-order valence-electron chi connectivity index (χ3n) is 3.97. The quantitative estimate of drug-likeness (QED) is 0.797. The molecule has 0 aliphatic carbocycles. The van der Waals surface area contributed by atoms with Crippen LogP contribution in [0.5, 0.6) is 0 Å². The van der Waals surface area contributed by atoms with Gasteiger partial charge in [0.2, 0.25) is 0 Å². The van der Waals surface area contributed by atoms with Gasteiger partial charge in [0.25, 0.3) is 5.56 Å². The monoisotopic (exact) mass is 328 g/mol. The van der Waals surface area contributed by atoms with Crippen LogP contribution >= 0.6 is 11.3 Å². The summed E-state index contributed by atoms with van der Waals surface area (Å²) < 4.78 is 1.17. The molecule has 118 valence electrons. The van der Waals surface area contributed by atoms with Crippen LogP contribution in [0.2, 0.25) is 0 Å². The van der Waals surface area contributed by atoms with E-state index in [9.17, 15) is 9.59 Å². The van der Waals surface area contributed by atoms with E-state index in [0.717, 1.165) is 17.5 Å². The average molecular weight is 328 g/mol. The Morgan fingerprint density at radius 1 is 1.35 bits per heavy atom. The van der Waals surface area contributed by atoms with Crippen LogP contribution in [0.1, 0.15) is 25.5 Å². The second-order valence-electron chi connectivity index (χ2n) is 5.35. The Morgan fingerprint density at radius 3 is 2.65 bits per heavy atom. The normalized spacial score (nSPS) is 12.4. The molecule has 0 aliphatic heterocycles. The summed E-state index contributed by atoms with van der Waals surface area (Å²) in [7, 11) is 0. The molecule has 5 nitrogen and oxygen atoms in total. The largest absolute Gasteiger partial charge is 0.480 e. The van der Waals surface area contributed by atoms with Crippen LogP contribution in [0.3, 0.4) is 0 Å². The van der Waals surface area contributed by atoms with E-state index < -0.39 is 12.0 Å². The number of rotatable bonds is 4. The fraction of sp³-hybridized carbons (Fsp3) is 0.235. The molecule has 1 atom stereocenters. The van der Waals surface area contributed by atoms with Crippen molar-refractivity contribution in [3.05, 3.63) is 51.9 Å². The Hall–Kier alpha value is -2.47. The van der Waals surface area contributed by atoms with Crippen molar-refractivity contribution in [2.75, 3.05) is 0 Å². The summed E-state index contributed by atoms with van der Waals surface area (Å²) in [4.78, 5) is 28.8. The second kappa shape index (κ2) is 5.96. The van der Waals surface area contributed by atoms with Gasteiger partial charge >= 0.3 is 5.97 Å². The zero-order chi connectivity index (χ0) is 16.6. The van der Waals surface area contributed by atoms with Crippen molar-refractivity contribution in [1.29, 1.82) is 0 Å². The standard InChI is InChI=1S/C17H16N2O3S/c1-3-11-4-6-12(7-5-11)13-8-23-15-14(13)16(20)19(9-18-15)10(2)17(21)22/h4-10H,3H2,1-2H3,(H,21,22). The molecule has 3 aromatic rings. The molecule has 0 saturated heterocycles. The first kappa shape index (κ1) is 15.4. The molecule has 23 heavy (non-hydrogen) atoms. The van der Waals surface area contributed by atoms with Crippen LogP contribution in [-0.2, 0) is 11.2 Å². The van der Waals surface area contributed by atoms with E-state index in [1.807, 2.05) is 29.6 Å². The Morgan fingerprint density at radius 2 is 2.04 bits per heavy atom. The molecular formula is C17H16N2O3S. The summed E-state index contributed by atoms with van der Waals surface area (Å²) >= 11 is 1.39. The molecule has 1 N–H and O–H groups in total. The van der Waals surface area contributed by atoms with Gasteiger partial charge in [-0.25, -0.2) is 9.78 Å². The van der Waals surface area contributed by atoms with Gasteiger partial charge in [0.05, 0.1) is 11.7 Å². The van der Waals surface area contributed by atoms with Gasteiger partial charge in [-0.1, -0.05) is 31.2 Å². The van der Waals surface area contributed by atoms with Crippen LogP contribution < -0.4 is 5.56 Å². The molecule has 2 heterocycles. The molecule has 3 rings (SSSR count). The number of nitrogens with zero attached hydrogens (tertiary/aromatic N) is 2. The third-order valence-corrected chi connectivity index (χ3v) is 4.85. The highest BCUT2D eigenvalue weighted by atomic mass is 32.1. The Balaban J connectivity index is 2.20. The van der Waals surface area contributed by atoms with E-state index in [1.165, 1.54) is 34.7 Å². The minimum Gasteiger partial charge on any atom is -0.480 e. The Bertz CT molecular complexity index is 925. The highest BCUT2D eigenvalue weighted by Crippen LogP contribution is 2.31. The summed E-state index contributed by atoms with van der Waals surface area (Å²) in [6.45, 7) is 3.56. The van der Waals surface area contributed by atoms with Gasteiger partial charge < -0.3 is 5.11 Å². The van der Waals surface area contributed by atoms with Crippen LogP contribution in [0.25, 0.3) is 21.3 Å². The lowest BCUT2D eigenvalue weighted by Gasteiger charge is -2.10. The summed E-state index contributed by atoms with van der Waals surface area (Å²) in [5, 5.41) is 11.5. The number of aryl methyl sites for hydroxylation is 1. The molecule has 6 heteroatoms. The number of hydrogen-bond acceptors (Lipinski definition) is 4. The van der Waals surface area contributed by atoms with Gasteiger partial charge in [-0.2, -0.15) is 0 Å². The summed E-state index contributed by atoms with van der Waals surface area (Å²) in [6.07, 6.45) is 2.26. The van der Waals surface area contributed by atoms with Crippen molar-refractivity contribution in [3.8, 4) is 11.1 Å². The van der Waals surface area contributed by atoms with Gasteiger partial charge in [0.15, 0.2) is 0 Å². The first-order valence-electron chi connectivity index (χ1n) is 7.33. The maximum Gasteiger partial charge on any atom is 0.326 e. The van der Waals surface area contributed by atoms with Gasteiger partial charge in [-0.05, 0) is 24.5 Å². The minimum atomic E-state index is -1.06. The number of benzene rings is 1. The van der Waals surface area contributed by atoms with E-state index in [4.69, 9.17) is 5.11 Å². The average Bonchev–Trinajstić information content (AvgIpc) is 2.99. The maximum absolute atomic E-state index is 12.7. The molecule has 2 aromatic heterocycles.